The smallest absolute Gasteiger partial charge is 0.155 e. The number of nitrogens with one attached hydrogen (secondary N) is 1. The van der Waals surface area contributed by atoms with E-state index in [1.165, 1.54) is 0 Å². The third-order valence-corrected chi connectivity index (χ3v) is 1.41. The molecule has 0 saturated heterocycles. The van der Waals surface area contributed by atoms with E-state index in [2.05, 4.69) is 15.0 Å². The first kappa shape index (κ1) is 8.74. The van der Waals surface area contributed by atoms with E-state index in [-0.39, 0.29) is 12.4 Å². The zero-order valence-corrected chi connectivity index (χ0v) is 7.08. The topological polar surface area (TPSA) is 41.6 Å². The molecular weight excluding hydrogens is 174 g/mol. The molecular formula is C8H8ClN3. The number of imidazole rings is 1. The molecule has 0 radical (unpaired) electrons. The van der Waals surface area contributed by atoms with Gasteiger partial charge in [0.25, 0.3) is 0 Å². The van der Waals surface area contributed by atoms with Crippen molar-refractivity contribution in [2.75, 3.05) is 0 Å². The molecule has 2 heterocycles. The molecule has 0 aliphatic carbocycles. The van der Waals surface area contributed by atoms with Crippen molar-refractivity contribution in [1.29, 1.82) is 0 Å². The monoisotopic (exact) mass is 181 g/mol. The maximum Gasteiger partial charge on any atom is 0.155 e. The van der Waals surface area contributed by atoms with Gasteiger partial charge in [-0.05, 0) is 12.1 Å². The molecule has 0 atom stereocenters. The fourth-order valence-corrected chi connectivity index (χ4v) is 0.908. The summed E-state index contributed by atoms with van der Waals surface area (Å²) in [7, 11) is 0. The van der Waals surface area contributed by atoms with Crippen LogP contribution in [0.1, 0.15) is 0 Å². The predicted octanol–water partition coefficient (Wildman–Crippen LogP) is 1.89. The number of halogens is 1. The molecule has 0 aliphatic rings. The summed E-state index contributed by atoms with van der Waals surface area (Å²) in [4.78, 5) is 11.2. The highest BCUT2D eigenvalue weighted by molar-refractivity contribution is 5.85. The van der Waals surface area contributed by atoms with Crippen LogP contribution in [0, 0.1) is 0 Å². The van der Waals surface area contributed by atoms with Crippen LogP contribution in [0.3, 0.4) is 0 Å². The van der Waals surface area contributed by atoms with Crippen LogP contribution in [0.25, 0.3) is 11.5 Å². The Morgan fingerprint density at radius 1 is 1.08 bits per heavy atom. The fraction of sp³-hybridized carbons (Fsp3) is 0. The molecule has 0 aliphatic heterocycles. The molecule has 2 aromatic heterocycles. The molecule has 0 amide bonds. The Morgan fingerprint density at radius 3 is 2.58 bits per heavy atom. The van der Waals surface area contributed by atoms with Gasteiger partial charge >= 0.3 is 0 Å². The zero-order valence-electron chi connectivity index (χ0n) is 6.27. The summed E-state index contributed by atoms with van der Waals surface area (Å²) in [5, 5.41) is 0. The Hall–Kier alpha value is -1.35. The van der Waals surface area contributed by atoms with Gasteiger partial charge in [0, 0.05) is 18.6 Å². The first-order valence-electron chi connectivity index (χ1n) is 3.37. The van der Waals surface area contributed by atoms with E-state index in [0.29, 0.717) is 0 Å². The van der Waals surface area contributed by atoms with E-state index in [9.17, 15) is 0 Å². The van der Waals surface area contributed by atoms with Crippen LogP contribution in [-0.2, 0) is 0 Å². The third-order valence-electron chi connectivity index (χ3n) is 1.41. The van der Waals surface area contributed by atoms with E-state index in [4.69, 9.17) is 0 Å². The molecule has 3 nitrogen and oxygen atoms in total. The summed E-state index contributed by atoms with van der Waals surface area (Å²) in [6.07, 6.45) is 5.24. The van der Waals surface area contributed by atoms with E-state index in [0.717, 1.165) is 11.5 Å². The normalized spacial score (nSPS) is 9.00. The van der Waals surface area contributed by atoms with E-state index < -0.39 is 0 Å². The second kappa shape index (κ2) is 3.88. The third kappa shape index (κ3) is 1.62. The van der Waals surface area contributed by atoms with Crippen LogP contribution in [0.2, 0.25) is 0 Å². The molecule has 0 bridgehead atoms. The maximum absolute atomic E-state index is 4.13. The second-order valence-electron chi connectivity index (χ2n) is 2.15. The summed E-state index contributed by atoms with van der Waals surface area (Å²) >= 11 is 0. The maximum atomic E-state index is 4.13. The average molecular weight is 182 g/mol. The molecule has 0 unspecified atom stereocenters. The van der Waals surface area contributed by atoms with Crippen molar-refractivity contribution in [1.82, 2.24) is 15.0 Å². The molecule has 4 heteroatoms. The molecule has 0 fully saturated rings. The lowest BCUT2D eigenvalue weighted by atomic mass is 10.3. The largest absolute Gasteiger partial charge is 0.343 e. The molecule has 1 N–H and O–H groups in total. The summed E-state index contributed by atoms with van der Waals surface area (Å²) in [5.74, 6) is 0.811. The Labute approximate surface area is 76.3 Å². The van der Waals surface area contributed by atoms with Gasteiger partial charge in [-0.15, -0.1) is 12.4 Å². The van der Waals surface area contributed by atoms with Gasteiger partial charge in [-0.2, -0.15) is 0 Å². The van der Waals surface area contributed by atoms with Crippen molar-refractivity contribution in [3.63, 3.8) is 0 Å². The van der Waals surface area contributed by atoms with Gasteiger partial charge in [0.05, 0.1) is 0 Å². The first-order valence-corrected chi connectivity index (χ1v) is 3.37. The number of pyridine rings is 1. The number of hydrogen-bond donors (Lipinski definition) is 1. The minimum atomic E-state index is 0. The van der Waals surface area contributed by atoms with Gasteiger partial charge in [0.2, 0.25) is 0 Å². The molecule has 0 spiro atoms. The van der Waals surface area contributed by atoms with Crippen LogP contribution >= 0.6 is 12.4 Å². The lowest BCUT2D eigenvalue weighted by Crippen LogP contribution is -1.82. The summed E-state index contributed by atoms with van der Waals surface area (Å²) in [6.45, 7) is 0. The van der Waals surface area contributed by atoms with Crippen molar-refractivity contribution in [3.05, 3.63) is 36.8 Å². The number of nitrogens with zero attached hydrogens (tertiary/aromatic N) is 2. The van der Waals surface area contributed by atoms with Crippen molar-refractivity contribution in [2.45, 2.75) is 0 Å². The zero-order chi connectivity index (χ0) is 7.52. The highest BCUT2D eigenvalue weighted by Crippen LogP contribution is 2.08. The second-order valence-corrected chi connectivity index (χ2v) is 2.15. The van der Waals surface area contributed by atoms with Crippen LogP contribution in [-0.4, -0.2) is 15.0 Å². The Morgan fingerprint density at radius 2 is 2.00 bits per heavy atom. The summed E-state index contributed by atoms with van der Waals surface area (Å²) < 4.78 is 0. The molecule has 2 aromatic rings. The number of aromatic nitrogens is 3. The minimum Gasteiger partial charge on any atom is -0.343 e. The molecule has 62 valence electrons. The first-order chi connectivity index (χ1) is 5.47. The summed E-state index contributed by atoms with van der Waals surface area (Å²) in [6, 6.07) is 5.73. The quantitative estimate of drug-likeness (QED) is 0.730. The highest BCUT2D eigenvalue weighted by Gasteiger charge is 1.96. The Kier molecular flexibility index (Phi) is 2.82. The van der Waals surface area contributed by atoms with Crippen molar-refractivity contribution in [3.8, 4) is 11.5 Å². The van der Waals surface area contributed by atoms with Crippen LogP contribution in [0.5, 0.6) is 0 Å². The molecule has 0 saturated carbocycles. The van der Waals surface area contributed by atoms with E-state index >= 15 is 0 Å². The molecule has 12 heavy (non-hydrogen) atoms. The van der Waals surface area contributed by atoms with Gasteiger partial charge in [-0.25, -0.2) is 4.98 Å². The molecule has 2 rings (SSSR count). The Balaban J connectivity index is 0.000000720. The van der Waals surface area contributed by atoms with Crippen molar-refractivity contribution >= 4 is 12.4 Å². The van der Waals surface area contributed by atoms with Crippen LogP contribution in [0.15, 0.2) is 36.8 Å². The predicted molar refractivity (Wildman–Crippen MR) is 49.1 cm³/mol. The summed E-state index contributed by atoms with van der Waals surface area (Å²) in [5.41, 5.74) is 0.873. The standard InChI is InChI=1S/C8H7N3.ClH/c1-2-4-9-7(3-1)8-10-5-6-11-8;/h1-6H,(H,10,11);1H. The van der Waals surface area contributed by atoms with Gasteiger partial charge in [-0.1, -0.05) is 6.07 Å². The number of aromatic amines is 1. The number of rotatable bonds is 1. The van der Waals surface area contributed by atoms with E-state index in [1.54, 1.807) is 18.6 Å². The van der Waals surface area contributed by atoms with Gasteiger partial charge in [-0.3, -0.25) is 4.98 Å². The van der Waals surface area contributed by atoms with Crippen LogP contribution in [0.4, 0.5) is 0 Å². The van der Waals surface area contributed by atoms with Crippen molar-refractivity contribution in [2.24, 2.45) is 0 Å². The number of H-pyrrole nitrogens is 1. The van der Waals surface area contributed by atoms with Crippen molar-refractivity contribution < 1.29 is 0 Å². The fourth-order valence-electron chi connectivity index (χ4n) is 0.908. The minimum absolute atomic E-state index is 0. The number of hydrogen-bond acceptors (Lipinski definition) is 2. The van der Waals surface area contributed by atoms with Crippen LogP contribution < -0.4 is 0 Å². The SMILES string of the molecule is Cl.c1ccc(-c2ncc[nH]2)nc1. The van der Waals surface area contributed by atoms with E-state index in [1.807, 2.05) is 18.2 Å². The highest BCUT2D eigenvalue weighted by atomic mass is 35.5. The van der Waals surface area contributed by atoms with Gasteiger partial charge < -0.3 is 4.98 Å². The average Bonchev–Trinajstić information content (AvgIpc) is 2.58. The van der Waals surface area contributed by atoms with Gasteiger partial charge in [0.1, 0.15) is 5.69 Å². The Bertz CT molecular complexity index is 317. The molecule has 0 aromatic carbocycles. The van der Waals surface area contributed by atoms with Gasteiger partial charge in [0.15, 0.2) is 5.82 Å². The lowest BCUT2D eigenvalue weighted by molar-refractivity contribution is 1.22. The lowest BCUT2D eigenvalue weighted by Gasteiger charge is -1.91.